The number of rotatable bonds is 2. The summed E-state index contributed by atoms with van der Waals surface area (Å²) >= 11 is 1.82. The smallest absolute Gasteiger partial charge is 0.231 e. The molecule has 3 heterocycles. The number of hydrogen-bond donors (Lipinski definition) is 0. The second-order valence-electron chi connectivity index (χ2n) is 6.84. The molecule has 0 aromatic heterocycles. The molecular weight excluding hydrogens is 308 g/mol. The van der Waals surface area contributed by atoms with Crippen molar-refractivity contribution in [2.75, 3.05) is 45.1 Å². The summed E-state index contributed by atoms with van der Waals surface area (Å²) in [5.41, 5.74) is 1.23. The number of benzene rings is 1. The number of carbonyl (C=O) groups is 1. The van der Waals surface area contributed by atoms with E-state index in [1.165, 1.54) is 10.5 Å². The Kier molecular flexibility index (Phi) is 4.35. The van der Waals surface area contributed by atoms with Crippen LogP contribution in [-0.2, 0) is 9.53 Å². The lowest BCUT2D eigenvalue weighted by molar-refractivity contribution is -0.131. The van der Waals surface area contributed by atoms with Gasteiger partial charge in [-0.1, -0.05) is 25.1 Å². The number of carbonyl (C=O) groups excluding carboxylic acids is 1. The van der Waals surface area contributed by atoms with Gasteiger partial charge in [0.05, 0.1) is 19.1 Å². The van der Waals surface area contributed by atoms with E-state index in [0.29, 0.717) is 17.9 Å². The normalized spacial score (nSPS) is 31.3. The number of ether oxygens (including phenoxy) is 1. The molecule has 0 bridgehead atoms. The van der Waals surface area contributed by atoms with Gasteiger partial charge >= 0.3 is 0 Å². The lowest BCUT2D eigenvalue weighted by Gasteiger charge is -2.34. The number of nitrogens with zero attached hydrogens (tertiary/aromatic N) is 2. The van der Waals surface area contributed by atoms with E-state index in [-0.39, 0.29) is 5.92 Å². The minimum atomic E-state index is 0.0480. The van der Waals surface area contributed by atoms with Gasteiger partial charge in [0, 0.05) is 42.9 Å². The summed E-state index contributed by atoms with van der Waals surface area (Å²) < 4.78 is 5.46. The lowest BCUT2D eigenvalue weighted by atomic mass is 10.00. The second kappa shape index (κ2) is 6.46. The summed E-state index contributed by atoms with van der Waals surface area (Å²) in [4.78, 5) is 19.0. The Hall–Kier alpha value is -1.04. The number of fused-ring (bicyclic) bond motifs is 1. The van der Waals surface area contributed by atoms with E-state index < -0.39 is 0 Å². The molecule has 3 aliphatic rings. The molecule has 0 spiro atoms. The van der Waals surface area contributed by atoms with Crippen LogP contribution < -0.4 is 0 Å². The van der Waals surface area contributed by atoms with Gasteiger partial charge in [0.2, 0.25) is 5.91 Å². The molecule has 0 unspecified atom stereocenters. The maximum absolute atomic E-state index is 13.1. The third-order valence-electron chi connectivity index (χ3n) is 5.40. The highest BCUT2D eigenvalue weighted by Gasteiger charge is 2.40. The van der Waals surface area contributed by atoms with Gasteiger partial charge in [-0.05, 0) is 17.5 Å². The molecule has 3 atom stereocenters. The van der Waals surface area contributed by atoms with Crippen molar-refractivity contribution in [3.8, 4) is 0 Å². The number of morpholine rings is 1. The van der Waals surface area contributed by atoms with Crippen LogP contribution in [0.1, 0.15) is 18.4 Å². The number of likely N-dealkylation sites (tertiary alicyclic amines) is 1. The number of hydrogen-bond acceptors (Lipinski definition) is 4. The van der Waals surface area contributed by atoms with Crippen LogP contribution in [0.2, 0.25) is 0 Å². The zero-order valence-corrected chi connectivity index (χ0v) is 14.4. The Morgan fingerprint density at radius 3 is 2.83 bits per heavy atom. The second-order valence-corrected chi connectivity index (χ2v) is 7.90. The van der Waals surface area contributed by atoms with Crippen molar-refractivity contribution in [2.45, 2.75) is 23.8 Å². The minimum absolute atomic E-state index is 0.0480. The SMILES string of the molecule is C[C@@H]1CN(C(=O)[C@@H]2CSc3ccccc32)C[C@H]1N1CCOCC1. The van der Waals surface area contributed by atoms with E-state index in [1.54, 1.807) is 0 Å². The van der Waals surface area contributed by atoms with Crippen LogP contribution in [-0.4, -0.2) is 66.9 Å². The molecule has 1 aromatic carbocycles. The Balaban J connectivity index is 1.46. The van der Waals surface area contributed by atoms with Crippen molar-refractivity contribution in [1.29, 1.82) is 0 Å². The summed E-state index contributed by atoms with van der Waals surface area (Å²) in [6.07, 6.45) is 0. The van der Waals surface area contributed by atoms with Crippen molar-refractivity contribution in [3.63, 3.8) is 0 Å². The molecule has 2 saturated heterocycles. The maximum atomic E-state index is 13.1. The van der Waals surface area contributed by atoms with Gasteiger partial charge in [0.1, 0.15) is 0 Å². The van der Waals surface area contributed by atoms with Crippen LogP contribution in [0.25, 0.3) is 0 Å². The van der Waals surface area contributed by atoms with Gasteiger partial charge in [-0.2, -0.15) is 0 Å². The Bertz CT molecular complexity index is 588. The van der Waals surface area contributed by atoms with E-state index >= 15 is 0 Å². The average molecular weight is 332 g/mol. The van der Waals surface area contributed by atoms with E-state index in [1.807, 2.05) is 17.8 Å². The number of amides is 1. The zero-order chi connectivity index (χ0) is 15.8. The van der Waals surface area contributed by atoms with Crippen LogP contribution in [0.3, 0.4) is 0 Å². The number of thioether (sulfide) groups is 1. The van der Waals surface area contributed by atoms with Crippen LogP contribution in [0.4, 0.5) is 0 Å². The van der Waals surface area contributed by atoms with Crippen LogP contribution >= 0.6 is 11.8 Å². The summed E-state index contributed by atoms with van der Waals surface area (Å²) in [6.45, 7) is 7.70. The molecule has 1 aromatic rings. The first-order valence-electron chi connectivity index (χ1n) is 8.56. The van der Waals surface area contributed by atoms with Gasteiger partial charge in [0.15, 0.2) is 0 Å². The zero-order valence-electron chi connectivity index (χ0n) is 13.6. The first kappa shape index (κ1) is 15.5. The summed E-state index contributed by atoms with van der Waals surface area (Å²) in [5.74, 6) is 1.81. The van der Waals surface area contributed by atoms with Gasteiger partial charge < -0.3 is 9.64 Å². The van der Waals surface area contributed by atoms with Crippen LogP contribution in [0.5, 0.6) is 0 Å². The highest BCUT2D eigenvalue weighted by Crippen LogP contribution is 2.41. The van der Waals surface area contributed by atoms with Gasteiger partial charge in [-0.3, -0.25) is 9.69 Å². The van der Waals surface area contributed by atoms with Crippen molar-refractivity contribution in [2.24, 2.45) is 5.92 Å². The molecule has 2 fully saturated rings. The van der Waals surface area contributed by atoms with E-state index in [9.17, 15) is 4.79 Å². The van der Waals surface area contributed by atoms with Gasteiger partial charge in [-0.25, -0.2) is 0 Å². The van der Waals surface area contributed by atoms with E-state index in [4.69, 9.17) is 4.74 Å². The van der Waals surface area contributed by atoms with Crippen LogP contribution in [0.15, 0.2) is 29.2 Å². The van der Waals surface area contributed by atoms with Crippen LogP contribution in [0, 0.1) is 5.92 Å². The molecule has 5 heteroatoms. The topological polar surface area (TPSA) is 32.8 Å². The van der Waals surface area contributed by atoms with Crippen molar-refractivity contribution < 1.29 is 9.53 Å². The average Bonchev–Trinajstić information content (AvgIpc) is 3.19. The summed E-state index contributed by atoms with van der Waals surface area (Å²) in [7, 11) is 0. The third kappa shape index (κ3) is 2.90. The van der Waals surface area contributed by atoms with Gasteiger partial charge in [-0.15, -0.1) is 11.8 Å². The monoisotopic (exact) mass is 332 g/mol. The maximum Gasteiger partial charge on any atom is 0.231 e. The van der Waals surface area contributed by atoms with Crippen molar-refractivity contribution in [3.05, 3.63) is 29.8 Å². The fourth-order valence-corrected chi connectivity index (χ4v) is 5.32. The van der Waals surface area contributed by atoms with E-state index in [2.05, 4.69) is 34.9 Å². The largest absolute Gasteiger partial charge is 0.379 e. The molecule has 124 valence electrons. The highest BCUT2D eigenvalue weighted by atomic mass is 32.2. The molecule has 0 aliphatic carbocycles. The Morgan fingerprint density at radius 1 is 1.22 bits per heavy atom. The molecule has 0 saturated carbocycles. The third-order valence-corrected chi connectivity index (χ3v) is 6.58. The Morgan fingerprint density at radius 2 is 2.00 bits per heavy atom. The van der Waals surface area contributed by atoms with E-state index in [0.717, 1.165) is 45.1 Å². The molecule has 4 nitrogen and oxygen atoms in total. The molecule has 0 N–H and O–H groups in total. The van der Waals surface area contributed by atoms with Gasteiger partial charge in [0.25, 0.3) is 0 Å². The minimum Gasteiger partial charge on any atom is -0.379 e. The quantitative estimate of drug-likeness (QED) is 0.830. The highest BCUT2D eigenvalue weighted by molar-refractivity contribution is 7.99. The summed E-state index contributed by atoms with van der Waals surface area (Å²) in [6, 6.07) is 8.86. The molecule has 23 heavy (non-hydrogen) atoms. The lowest BCUT2D eigenvalue weighted by Crippen LogP contribution is -2.47. The Labute approximate surface area is 142 Å². The predicted octanol–water partition coefficient (Wildman–Crippen LogP) is 2.05. The predicted molar refractivity (Wildman–Crippen MR) is 91.8 cm³/mol. The molecule has 1 amide bonds. The molecular formula is C18H24N2O2S. The molecule has 4 rings (SSSR count). The summed E-state index contributed by atoms with van der Waals surface area (Å²) in [5, 5.41) is 0. The molecule has 3 aliphatic heterocycles. The standard InChI is InChI=1S/C18H24N2O2S/c1-13-10-20(11-16(13)19-6-8-22-9-7-19)18(21)15-12-23-17-5-3-2-4-14(15)17/h2-5,13,15-16H,6-12H2,1H3/t13-,15-,16-/m1/s1. The first-order chi connectivity index (χ1) is 11.2. The fourth-order valence-electron chi connectivity index (χ4n) is 4.10. The molecule has 0 radical (unpaired) electrons. The van der Waals surface area contributed by atoms with Crippen molar-refractivity contribution in [1.82, 2.24) is 9.80 Å². The first-order valence-corrected chi connectivity index (χ1v) is 9.55. The fraction of sp³-hybridized carbons (Fsp3) is 0.611. The van der Waals surface area contributed by atoms with Crippen molar-refractivity contribution >= 4 is 17.7 Å².